The molecule has 0 aliphatic heterocycles. The van der Waals surface area contributed by atoms with Gasteiger partial charge in [0.25, 0.3) is 0 Å². The number of thiazole rings is 1. The Hall–Kier alpha value is -0.820. The molecule has 0 spiro atoms. The van der Waals surface area contributed by atoms with Crippen LogP contribution in [-0.4, -0.2) is 28.9 Å². The number of nitrogens with zero attached hydrogens (tertiary/aromatic N) is 2. The van der Waals surface area contributed by atoms with Crippen molar-refractivity contribution in [2.24, 2.45) is 0 Å². The summed E-state index contributed by atoms with van der Waals surface area (Å²) in [4.78, 5) is 6.27. The van der Waals surface area contributed by atoms with Gasteiger partial charge in [-0.3, -0.25) is 0 Å². The first-order valence-corrected chi connectivity index (χ1v) is 7.10. The molecule has 0 saturated carbocycles. The van der Waals surface area contributed by atoms with E-state index in [4.69, 9.17) is 0 Å². The van der Waals surface area contributed by atoms with Crippen LogP contribution in [0, 0.1) is 0 Å². The predicted molar refractivity (Wildman–Crippen MR) is 68.5 cm³/mol. The Labute approximate surface area is 114 Å². The molecule has 0 saturated heterocycles. The zero-order valence-electron chi connectivity index (χ0n) is 10.9. The monoisotopic (exact) mass is 294 g/mol. The molecule has 0 radical (unpaired) electrons. The Morgan fingerprint density at radius 1 is 1.47 bits per heavy atom. The lowest BCUT2D eigenvalue weighted by atomic mass is 10.0. The number of aliphatic hydroxyl groups is 1. The van der Waals surface area contributed by atoms with E-state index in [1.165, 1.54) is 16.2 Å². The van der Waals surface area contributed by atoms with Crippen molar-refractivity contribution in [2.75, 3.05) is 11.4 Å². The summed E-state index contributed by atoms with van der Waals surface area (Å²) in [6.45, 7) is 2.41. The van der Waals surface area contributed by atoms with Gasteiger partial charge in [-0.25, -0.2) is 4.98 Å². The van der Waals surface area contributed by atoms with Crippen LogP contribution >= 0.6 is 11.3 Å². The fourth-order valence-corrected chi connectivity index (χ4v) is 3.44. The van der Waals surface area contributed by atoms with Gasteiger partial charge in [0.15, 0.2) is 5.13 Å². The molecular weight excluding hydrogens is 277 g/mol. The van der Waals surface area contributed by atoms with Crippen molar-refractivity contribution in [2.45, 2.75) is 51.4 Å². The molecule has 0 amide bonds. The van der Waals surface area contributed by atoms with Gasteiger partial charge in [0, 0.05) is 6.04 Å². The van der Waals surface area contributed by atoms with E-state index in [-0.39, 0.29) is 6.04 Å². The van der Waals surface area contributed by atoms with Crippen LogP contribution in [0.3, 0.4) is 0 Å². The van der Waals surface area contributed by atoms with Gasteiger partial charge in [0.1, 0.15) is 6.54 Å². The Bertz CT molecular complexity index is 445. The van der Waals surface area contributed by atoms with E-state index in [9.17, 15) is 18.3 Å². The minimum Gasteiger partial charge on any atom is -0.388 e. The summed E-state index contributed by atoms with van der Waals surface area (Å²) in [5, 5.41) is 10.2. The van der Waals surface area contributed by atoms with Gasteiger partial charge in [0.2, 0.25) is 0 Å². The summed E-state index contributed by atoms with van der Waals surface area (Å²) in [5.74, 6) is 0. The molecule has 19 heavy (non-hydrogen) atoms. The third-order valence-corrected chi connectivity index (χ3v) is 4.36. The summed E-state index contributed by atoms with van der Waals surface area (Å²) in [7, 11) is 0. The van der Waals surface area contributed by atoms with Gasteiger partial charge < -0.3 is 10.0 Å². The second-order valence-corrected chi connectivity index (χ2v) is 6.06. The lowest BCUT2D eigenvalue weighted by Gasteiger charge is -2.27. The second-order valence-electron chi connectivity index (χ2n) is 5.05. The number of anilines is 1. The van der Waals surface area contributed by atoms with Crippen molar-refractivity contribution < 1.29 is 18.3 Å². The van der Waals surface area contributed by atoms with Crippen molar-refractivity contribution >= 4 is 16.5 Å². The largest absolute Gasteiger partial charge is 0.406 e. The number of rotatable bonds is 3. The number of aromatic nitrogens is 1. The maximum atomic E-state index is 12.6. The second kappa shape index (κ2) is 5.28. The number of hydrogen-bond acceptors (Lipinski definition) is 4. The van der Waals surface area contributed by atoms with Crippen molar-refractivity contribution in [1.29, 1.82) is 0 Å². The van der Waals surface area contributed by atoms with E-state index < -0.39 is 18.8 Å². The van der Waals surface area contributed by atoms with Gasteiger partial charge >= 0.3 is 6.18 Å². The summed E-state index contributed by atoms with van der Waals surface area (Å²) < 4.78 is 37.8. The summed E-state index contributed by atoms with van der Waals surface area (Å²) in [6.07, 6.45) is -2.60. The Morgan fingerprint density at radius 2 is 2.16 bits per heavy atom. The van der Waals surface area contributed by atoms with Crippen molar-refractivity contribution in [3.05, 3.63) is 10.6 Å². The Kier molecular flexibility index (Phi) is 4.06. The minimum absolute atomic E-state index is 0.286. The SMILES string of the molecule is CC(C)N(CC(F)(F)F)c1nc2c(s1)C(O)CCC2. The fraction of sp³-hybridized carbons (Fsp3) is 0.750. The zero-order chi connectivity index (χ0) is 14.2. The van der Waals surface area contributed by atoms with Crippen molar-refractivity contribution in [3.63, 3.8) is 0 Å². The smallest absolute Gasteiger partial charge is 0.388 e. The van der Waals surface area contributed by atoms with Crippen LogP contribution in [0.1, 0.15) is 43.4 Å². The lowest BCUT2D eigenvalue weighted by molar-refractivity contribution is -0.120. The van der Waals surface area contributed by atoms with Crippen LogP contribution in [0.25, 0.3) is 0 Å². The Morgan fingerprint density at radius 3 is 2.68 bits per heavy atom. The minimum atomic E-state index is -4.25. The molecule has 1 heterocycles. The van der Waals surface area contributed by atoms with E-state index in [0.717, 1.165) is 23.4 Å². The first kappa shape index (κ1) is 14.6. The van der Waals surface area contributed by atoms with Gasteiger partial charge in [-0.05, 0) is 33.1 Å². The van der Waals surface area contributed by atoms with Crippen LogP contribution in [0.5, 0.6) is 0 Å². The Balaban J connectivity index is 2.28. The molecular formula is C12H17F3N2OS. The molecule has 1 atom stereocenters. The fourth-order valence-electron chi connectivity index (χ4n) is 2.17. The van der Waals surface area contributed by atoms with E-state index in [0.29, 0.717) is 11.6 Å². The molecule has 1 N–H and O–H groups in total. The first-order valence-electron chi connectivity index (χ1n) is 6.29. The molecule has 108 valence electrons. The van der Waals surface area contributed by atoms with Gasteiger partial charge in [-0.1, -0.05) is 11.3 Å². The molecule has 0 fully saturated rings. The molecule has 0 aromatic carbocycles. The van der Waals surface area contributed by atoms with E-state index >= 15 is 0 Å². The molecule has 1 unspecified atom stereocenters. The number of fused-ring (bicyclic) bond motifs is 1. The highest BCUT2D eigenvalue weighted by Crippen LogP contribution is 2.38. The average Bonchev–Trinajstić information content (AvgIpc) is 2.69. The van der Waals surface area contributed by atoms with Crippen LogP contribution in [0.4, 0.5) is 18.3 Å². The number of aliphatic hydroxyl groups excluding tert-OH is 1. The van der Waals surface area contributed by atoms with Crippen LogP contribution < -0.4 is 4.90 Å². The number of alkyl halides is 3. The van der Waals surface area contributed by atoms with Crippen LogP contribution in [0.15, 0.2) is 0 Å². The maximum Gasteiger partial charge on any atom is 0.406 e. The van der Waals surface area contributed by atoms with Crippen molar-refractivity contribution in [1.82, 2.24) is 4.98 Å². The molecule has 3 nitrogen and oxygen atoms in total. The molecule has 2 rings (SSSR count). The molecule has 0 bridgehead atoms. The topological polar surface area (TPSA) is 36.4 Å². The normalized spacial score (nSPS) is 19.6. The molecule has 1 aromatic heterocycles. The van der Waals surface area contributed by atoms with E-state index in [1.807, 2.05) is 0 Å². The van der Waals surface area contributed by atoms with Gasteiger partial charge in [-0.2, -0.15) is 13.2 Å². The predicted octanol–water partition coefficient (Wildman–Crippen LogP) is 3.29. The average molecular weight is 294 g/mol. The van der Waals surface area contributed by atoms with Gasteiger partial charge in [0.05, 0.1) is 16.7 Å². The number of aryl methyl sites for hydroxylation is 1. The molecule has 1 aliphatic rings. The highest BCUT2D eigenvalue weighted by atomic mass is 32.1. The summed E-state index contributed by atoms with van der Waals surface area (Å²) in [6, 6.07) is -0.286. The summed E-state index contributed by atoms with van der Waals surface area (Å²) in [5.41, 5.74) is 0.756. The van der Waals surface area contributed by atoms with Crippen molar-refractivity contribution in [3.8, 4) is 0 Å². The summed E-state index contributed by atoms with van der Waals surface area (Å²) >= 11 is 1.19. The van der Waals surface area contributed by atoms with Gasteiger partial charge in [-0.15, -0.1) is 0 Å². The molecule has 1 aromatic rings. The molecule has 7 heteroatoms. The quantitative estimate of drug-likeness (QED) is 0.929. The van der Waals surface area contributed by atoms with E-state index in [2.05, 4.69) is 4.98 Å². The highest BCUT2D eigenvalue weighted by Gasteiger charge is 2.34. The zero-order valence-corrected chi connectivity index (χ0v) is 11.7. The first-order chi connectivity index (χ1) is 8.78. The lowest BCUT2D eigenvalue weighted by Crippen LogP contribution is -2.39. The molecule has 1 aliphatic carbocycles. The maximum absolute atomic E-state index is 12.6. The third-order valence-electron chi connectivity index (χ3n) is 3.13. The highest BCUT2D eigenvalue weighted by molar-refractivity contribution is 7.15. The van der Waals surface area contributed by atoms with E-state index in [1.54, 1.807) is 13.8 Å². The van der Waals surface area contributed by atoms with Crippen LogP contribution in [-0.2, 0) is 6.42 Å². The number of halogens is 3. The van der Waals surface area contributed by atoms with Crippen LogP contribution in [0.2, 0.25) is 0 Å². The third kappa shape index (κ3) is 3.39. The number of hydrogen-bond donors (Lipinski definition) is 1. The standard InChI is InChI=1S/C12H17F3N2OS/c1-7(2)17(6-12(13,14)15)11-16-8-4-3-5-9(18)10(8)19-11/h7,9,18H,3-6H2,1-2H3.